The molecule has 1 nitrogen and oxygen atoms in total. The van der Waals surface area contributed by atoms with Crippen LogP contribution in [0.5, 0.6) is 0 Å². The van der Waals surface area contributed by atoms with Crippen LogP contribution in [0.2, 0.25) is 0 Å². The molecule has 1 saturated heterocycles. The van der Waals surface area contributed by atoms with Crippen molar-refractivity contribution in [2.75, 3.05) is 13.1 Å². The van der Waals surface area contributed by atoms with Crippen LogP contribution in [0.1, 0.15) is 6.42 Å². The SMILES string of the molecule is C1CNC1.[TeH2]. The third-order valence-corrected chi connectivity index (χ3v) is 0.707. The molecular weight excluding hydrogens is 178 g/mol. The zero-order valence-corrected chi connectivity index (χ0v) is 5.98. The van der Waals surface area contributed by atoms with E-state index in [1.165, 1.54) is 19.5 Å². The van der Waals surface area contributed by atoms with Crippen LogP contribution in [0.3, 0.4) is 0 Å². The molecule has 0 spiro atoms. The molecule has 1 rings (SSSR count). The fraction of sp³-hybridized carbons (Fsp3) is 1.00. The molecule has 0 aromatic heterocycles. The number of rotatable bonds is 0. The summed E-state index contributed by atoms with van der Waals surface area (Å²) in [6.07, 6.45) is 1.39. The van der Waals surface area contributed by atoms with E-state index in [4.69, 9.17) is 0 Å². The van der Waals surface area contributed by atoms with E-state index in [9.17, 15) is 0 Å². The first-order valence-electron chi connectivity index (χ1n) is 1.71. The van der Waals surface area contributed by atoms with Crippen molar-refractivity contribution in [3.63, 3.8) is 0 Å². The second kappa shape index (κ2) is 2.96. The molecule has 32 valence electrons. The number of hydrogen-bond donors (Lipinski definition) is 1. The number of hydrogen-bond acceptors (Lipinski definition) is 1. The zero-order valence-electron chi connectivity index (χ0n) is 3.12. The molecule has 0 atom stereocenters. The number of nitrogens with one attached hydrogen (secondary N) is 1. The molecule has 1 aliphatic rings. The van der Waals surface area contributed by atoms with Gasteiger partial charge in [0.25, 0.3) is 0 Å². The van der Waals surface area contributed by atoms with Crippen molar-refractivity contribution in [1.82, 2.24) is 5.32 Å². The molecule has 0 bridgehead atoms. The van der Waals surface area contributed by atoms with E-state index < -0.39 is 0 Å². The predicted octanol–water partition coefficient (Wildman–Crippen LogP) is -0.937. The second-order valence-electron chi connectivity index (χ2n) is 1.10. The van der Waals surface area contributed by atoms with Crippen molar-refractivity contribution in [1.29, 1.82) is 0 Å². The first-order chi connectivity index (χ1) is 2.00. The molecule has 0 aliphatic carbocycles. The van der Waals surface area contributed by atoms with Gasteiger partial charge in [-0.05, 0) is 19.5 Å². The van der Waals surface area contributed by atoms with Crippen molar-refractivity contribution in [3.05, 3.63) is 0 Å². The third-order valence-electron chi connectivity index (χ3n) is 0.707. The molecule has 0 aromatic carbocycles. The molecule has 1 fully saturated rings. The van der Waals surface area contributed by atoms with Crippen LogP contribution < -0.4 is 5.32 Å². The summed E-state index contributed by atoms with van der Waals surface area (Å²) >= 11 is 0. The fourth-order valence-corrected chi connectivity index (χ4v) is 0.177. The van der Waals surface area contributed by atoms with Crippen LogP contribution in [-0.2, 0) is 0 Å². The summed E-state index contributed by atoms with van der Waals surface area (Å²) in [5.41, 5.74) is 0. The summed E-state index contributed by atoms with van der Waals surface area (Å²) in [6, 6.07) is 0. The Labute approximate surface area is 48.9 Å². The van der Waals surface area contributed by atoms with E-state index in [0.717, 1.165) is 0 Å². The van der Waals surface area contributed by atoms with Gasteiger partial charge in [-0.3, -0.25) is 0 Å². The summed E-state index contributed by atoms with van der Waals surface area (Å²) in [7, 11) is 0. The van der Waals surface area contributed by atoms with Crippen molar-refractivity contribution in [2.24, 2.45) is 0 Å². The first kappa shape index (κ1) is 5.75. The van der Waals surface area contributed by atoms with Gasteiger partial charge in [0.2, 0.25) is 0 Å². The van der Waals surface area contributed by atoms with Crippen LogP contribution in [0.25, 0.3) is 0 Å². The molecule has 0 amide bonds. The van der Waals surface area contributed by atoms with Crippen molar-refractivity contribution in [2.45, 2.75) is 6.42 Å². The Morgan fingerprint density at radius 3 is 1.40 bits per heavy atom. The summed E-state index contributed by atoms with van der Waals surface area (Å²) < 4.78 is 0. The Balaban J connectivity index is 0.000000160. The van der Waals surface area contributed by atoms with Crippen molar-refractivity contribution >= 4 is 23.7 Å². The Bertz CT molecular complexity index is 14.9. The molecule has 5 heavy (non-hydrogen) atoms. The Morgan fingerprint density at radius 2 is 1.40 bits per heavy atom. The van der Waals surface area contributed by atoms with Crippen LogP contribution in [0.15, 0.2) is 0 Å². The van der Waals surface area contributed by atoms with E-state index in [1.54, 1.807) is 0 Å². The molecule has 0 saturated carbocycles. The first-order valence-corrected chi connectivity index (χ1v) is 1.71. The summed E-state index contributed by atoms with van der Waals surface area (Å²) in [5, 5.41) is 3.11. The van der Waals surface area contributed by atoms with Crippen LogP contribution >= 0.6 is 0 Å². The van der Waals surface area contributed by atoms with E-state index in [1.807, 2.05) is 0 Å². The monoisotopic (exact) mass is 189 g/mol. The summed E-state index contributed by atoms with van der Waals surface area (Å²) in [4.78, 5) is 0. The maximum absolute atomic E-state index is 3.11. The molecule has 1 heterocycles. The second-order valence-corrected chi connectivity index (χ2v) is 1.10. The van der Waals surface area contributed by atoms with Gasteiger partial charge >= 0.3 is 23.7 Å². The van der Waals surface area contributed by atoms with Crippen molar-refractivity contribution in [3.8, 4) is 0 Å². The van der Waals surface area contributed by atoms with E-state index >= 15 is 0 Å². The van der Waals surface area contributed by atoms with Gasteiger partial charge < -0.3 is 5.32 Å². The topological polar surface area (TPSA) is 12.0 Å². The van der Waals surface area contributed by atoms with Crippen LogP contribution in [-0.4, -0.2) is 36.8 Å². The molecule has 1 aliphatic heterocycles. The van der Waals surface area contributed by atoms with Gasteiger partial charge in [-0.2, -0.15) is 0 Å². The molecule has 0 radical (unpaired) electrons. The van der Waals surface area contributed by atoms with E-state index in [-0.39, 0.29) is 23.7 Å². The average molecular weight is 187 g/mol. The van der Waals surface area contributed by atoms with E-state index in [2.05, 4.69) is 5.32 Å². The Hall–Kier alpha value is 0.750. The molecule has 0 aromatic rings. The summed E-state index contributed by atoms with van der Waals surface area (Å²) in [6.45, 7) is 2.50. The van der Waals surface area contributed by atoms with Gasteiger partial charge in [0.05, 0.1) is 0 Å². The van der Waals surface area contributed by atoms with Crippen molar-refractivity contribution < 1.29 is 0 Å². The van der Waals surface area contributed by atoms with Gasteiger partial charge in [0, 0.05) is 0 Å². The molecule has 1 N–H and O–H groups in total. The standard InChI is InChI=1S/C3H7N.H2Te/c1-2-4-3-1;/h4H,1-3H2;1H2. The quantitative estimate of drug-likeness (QED) is 0.482. The summed E-state index contributed by atoms with van der Waals surface area (Å²) in [5.74, 6) is 0. The average Bonchev–Trinajstić information content (AvgIpc) is 0.722. The maximum atomic E-state index is 3.11. The zero-order chi connectivity index (χ0) is 2.83. The minimum atomic E-state index is 0. The Morgan fingerprint density at radius 1 is 1.20 bits per heavy atom. The van der Waals surface area contributed by atoms with Gasteiger partial charge in [-0.25, -0.2) is 0 Å². The van der Waals surface area contributed by atoms with Gasteiger partial charge in [0.1, 0.15) is 0 Å². The van der Waals surface area contributed by atoms with Gasteiger partial charge in [0.15, 0.2) is 0 Å². The normalized spacial score (nSPS) is 19.2. The van der Waals surface area contributed by atoms with Crippen LogP contribution in [0, 0.1) is 0 Å². The van der Waals surface area contributed by atoms with Gasteiger partial charge in [-0.1, -0.05) is 0 Å². The van der Waals surface area contributed by atoms with E-state index in [0.29, 0.717) is 0 Å². The minimum absolute atomic E-state index is 0. The predicted molar refractivity (Wildman–Crippen MR) is 26.0 cm³/mol. The fourth-order valence-electron chi connectivity index (χ4n) is 0.177. The Kier molecular flexibility index (Phi) is 3.40. The van der Waals surface area contributed by atoms with Gasteiger partial charge in [-0.15, -0.1) is 0 Å². The molecule has 2 heteroatoms. The molecular formula is C3H9NTe. The third kappa shape index (κ3) is 1.59. The molecule has 0 unspecified atom stereocenters. The van der Waals surface area contributed by atoms with Crippen LogP contribution in [0.4, 0.5) is 0 Å².